The Bertz CT molecular complexity index is 276. The zero-order valence-electron chi connectivity index (χ0n) is 5.55. The van der Waals surface area contributed by atoms with E-state index in [9.17, 15) is 9.59 Å². The van der Waals surface area contributed by atoms with Gasteiger partial charge < -0.3 is 0 Å². The zero-order valence-corrected chi connectivity index (χ0v) is 5.55. The van der Waals surface area contributed by atoms with E-state index in [1.54, 1.807) is 18.2 Å². The Morgan fingerprint density at radius 3 is 2.60 bits per heavy atom. The minimum absolute atomic E-state index is 0.354. The summed E-state index contributed by atoms with van der Waals surface area (Å²) in [7, 11) is 0. The molecule has 50 valence electrons. The third-order valence-electron chi connectivity index (χ3n) is 1.16. The lowest BCUT2D eigenvalue weighted by molar-refractivity contribution is -0.132. The largest absolute Gasteiger partial charge is 0.291 e. The fraction of sp³-hybridized carbons (Fsp3) is 0.125. The van der Waals surface area contributed by atoms with E-state index >= 15 is 0 Å². The number of carbonyl (C=O) groups is 2. The predicted octanol–water partition coefficient (Wildman–Crippen LogP) is 0.796. The van der Waals surface area contributed by atoms with Gasteiger partial charge in [-0.1, -0.05) is 6.08 Å². The Morgan fingerprint density at radius 1 is 1.50 bits per heavy atom. The Kier molecular flexibility index (Phi) is 1.65. The van der Waals surface area contributed by atoms with Gasteiger partial charge in [-0.25, -0.2) is 0 Å². The lowest BCUT2D eigenvalue weighted by Gasteiger charge is -1.87. The molecule has 0 aromatic heterocycles. The van der Waals surface area contributed by atoms with Gasteiger partial charge in [-0.15, -0.1) is 5.73 Å². The van der Waals surface area contributed by atoms with Crippen molar-refractivity contribution in [1.82, 2.24) is 0 Å². The minimum atomic E-state index is -0.468. The van der Waals surface area contributed by atoms with Gasteiger partial charge >= 0.3 is 0 Å². The van der Waals surface area contributed by atoms with E-state index in [2.05, 4.69) is 5.73 Å². The van der Waals surface area contributed by atoms with Crippen molar-refractivity contribution >= 4 is 11.6 Å². The van der Waals surface area contributed by atoms with Crippen molar-refractivity contribution in [2.24, 2.45) is 0 Å². The van der Waals surface area contributed by atoms with Crippen molar-refractivity contribution in [3.8, 4) is 0 Å². The molecular formula is C8H6O2. The van der Waals surface area contributed by atoms with E-state index in [0.717, 1.165) is 0 Å². The van der Waals surface area contributed by atoms with Crippen LogP contribution in [0.1, 0.15) is 6.92 Å². The predicted molar refractivity (Wildman–Crippen MR) is 36.4 cm³/mol. The molecule has 0 N–H and O–H groups in total. The van der Waals surface area contributed by atoms with Crippen LogP contribution < -0.4 is 0 Å². The van der Waals surface area contributed by atoms with Crippen LogP contribution in [0.4, 0.5) is 0 Å². The average molecular weight is 134 g/mol. The standard InChI is InChI=1S/C8H6O2/c1-6(9)8(10)7-4-2-3-5-7/h2-4H,1H3. The van der Waals surface area contributed by atoms with Gasteiger partial charge in [0.2, 0.25) is 11.6 Å². The maximum Gasteiger partial charge on any atom is 0.235 e. The highest BCUT2D eigenvalue weighted by Crippen LogP contribution is 2.02. The van der Waals surface area contributed by atoms with E-state index in [-0.39, 0.29) is 0 Å². The second kappa shape index (κ2) is 2.46. The minimum Gasteiger partial charge on any atom is -0.291 e. The van der Waals surface area contributed by atoms with Gasteiger partial charge in [0, 0.05) is 6.92 Å². The second-order valence-electron chi connectivity index (χ2n) is 1.97. The molecule has 1 aliphatic rings. The summed E-state index contributed by atoms with van der Waals surface area (Å²) < 4.78 is 0. The van der Waals surface area contributed by atoms with Gasteiger partial charge in [0.05, 0.1) is 5.57 Å². The van der Waals surface area contributed by atoms with Crippen molar-refractivity contribution in [1.29, 1.82) is 0 Å². The van der Waals surface area contributed by atoms with Crippen molar-refractivity contribution in [3.05, 3.63) is 29.5 Å². The maximum absolute atomic E-state index is 10.8. The van der Waals surface area contributed by atoms with Crippen LogP contribution in [0, 0.1) is 0 Å². The molecule has 0 amide bonds. The quantitative estimate of drug-likeness (QED) is 0.413. The van der Waals surface area contributed by atoms with Crippen molar-refractivity contribution < 1.29 is 9.59 Å². The molecule has 0 bridgehead atoms. The van der Waals surface area contributed by atoms with Crippen LogP contribution in [0.25, 0.3) is 0 Å². The number of Topliss-reactive ketones (excluding diaryl/α,β-unsaturated/α-hetero) is 2. The van der Waals surface area contributed by atoms with Crippen LogP contribution in [0.3, 0.4) is 0 Å². The molecule has 10 heavy (non-hydrogen) atoms. The van der Waals surface area contributed by atoms with Crippen LogP contribution in [0.15, 0.2) is 29.5 Å². The molecule has 0 aromatic rings. The van der Waals surface area contributed by atoms with Crippen LogP contribution in [0.2, 0.25) is 0 Å². The van der Waals surface area contributed by atoms with Gasteiger partial charge in [0.25, 0.3) is 0 Å². The highest BCUT2D eigenvalue weighted by molar-refractivity contribution is 6.43. The van der Waals surface area contributed by atoms with Gasteiger partial charge in [-0.3, -0.25) is 9.59 Å². The summed E-state index contributed by atoms with van der Waals surface area (Å²) in [5.41, 5.74) is 3.00. The molecule has 0 spiro atoms. The summed E-state index contributed by atoms with van der Waals surface area (Å²) in [4.78, 5) is 21.3. The zero-order chi connectivity index (χ0) is 7.56. The van der Waals surface area contributed by atoms with Gasteiger partial charge in [0.1, 0.15) is 0 Å². The van der Waals surface area contributed by atoms with Crippen molar-refractivity contribution in [3.63, 3.8) is 0 Å². The smallest absolute Gasteiger partial charge is 0.235 e. The summed E-state index contributed by atoms with van der Waals surface area (Å²) in [6.45, 7) is 1.25. The lowest BCUT2D eigenvalue weighted by atomic mass is 10.1. The van der Waals surface area contributed by atoms with E-state index in [1.807, 2.05) is 0 Å². The molecule has 2 heteroatoms. The summed E-state index contributed by atoms with van der Waals surface area (Å²) in [5, 5.41) is 0. The van der Waals surface area contributed by atoms with Crippen LogP contribution in [0.5, 0.6) is 0 Å². The normalized spacial score (nSPS) is 13.5. The number of allylic oxidation sites excluding steroid dienone is 3. The van der Waals surface area contributed by atoms with E-state index < -0.39 is 11.6 Å². The molecule has 1 rings (SSSR count). The molecule has 2 nitrogen and oxygen atoms in total. The number of carbonyl (C=O) groups excluding carboxylic acids is 2. The summed E-state index contributed by atoms with van der Waals surface area (Å²) in [5.74, 6) is -0.910. The Hall–Kier alpha value is -1.40. The topological polar surface area (TPSA) is 34.1 Å². The Morgan fingerprint density at radius 2 is 2.20 bits per heavy atom. The molecule has 0 saturated carbocycles. The van der Waals surface area contributed by atoms with E-state index in [4.69, 9.17) is 0 Å². The van der Waals surface area contributed by atoms with Crippen molar-refractivity contribution in [2.45, 2.75) is 6.92 Å². The molecule has 0 saturated heterocycles. The van der Waals surface area contributed by atoms with Crippen LogP contribution in [-0.4, -0.2) is 11.6 Å². The summed E-state index contributed by atoms with van der Waals surface area (Å²) >= 11 is 0. The lowest BCUT2D eigenvalue weighted by Crippen LogP contribution is -2.09. The first kappa shape index (κ1) is 6.72. The third kappa shape index (κ3) is 1.12. The summed E-state index contributed by atoms with van der Waals surface area (Å²) in [6, 6.07) is 0. The summed E-state index contributed by atoms with van der Waals surface area (Å²) in [6.07, 6.45) is 4.86. The molecule has 0 unspecified atom stereocenters. The molecule has 0 aromatic carbocycles. The first-order chi connectivity index (χ1) is 4.72. The highest BCUT2D eigenvalue weighted by atomic mass is 16.2. The SMILES string of the molecule is CC(=O)C(=O)C1=C=CC=C1. The van der Waals surface area contributed by atoms with Gasteiger partial charge in [0.15, 0.2) is 0 Å². The first-order valence-electron chi connectivity index (χ1n) is 2.90. The van der Waals surface area contributed by atoms with Crippen molar-refractivity contribution in [2.75, 3.05) is 0 Å². The number of hydrogen-bond acceptors (Lipinski definition) is 2. The van der Waals surface area contributed by atoms with E-state index in [0.29, 0.717) is 5.57 Å². The highest BCUT2D eigenvalue weighted by Gasteiger charge is 2.11. The maximum atomic E-state index is 10.8. The fourth-order valence-electron chi connectivity index (χ4n) is 0.661. The molecule has 0 radical (unpaired) electrons. The van der Waals surface area contributed by atoms with Crippen LogP contribution in [-0.2, 0) is 9.59 Å². The van der Waals surface area contributed by atoms with Gasteiger partial charge in [-0.05, 0) is 12.2 Å². The Balaban J connectivity index is 2.87. The number of hydrogen-bond donors (Lipinski definition) is 0. The average Bonchev–Trinajstić information content (AvgIpc) is 2.36. The Labute approximate surface area is 58.5 Å². The molecule has 0 aliphatic heterocycles. The molecular weight excluding hydrogens is 128 g/mol. The molecule has 0 atom stereocenters. The number of ketones is 2. The fourth-order valence-corrected chi connectivity index (χ4v) is 0.661. The molecule has 0 fully saturated rings. The monoisotopic (exact) mass is 134 g/mol. The molecule has 0 heterocycles. The third-order valence-corrected chi connectivity index (χ3v) is 1.16. The first-order valence-corrected chi connectivity index (χ1v) is 2.90. The van der Waals surface area contributed by atoms with E-state index in [1.165, 1.54) is 6.92 Å². The van der Waals surface area contributed by atoms with Crippen LogP contribution >= 0.6 is 0 Å². The van der Waals surface area contributed by atoms with Gasteiger partial charge in [-0.2, -0.15) is 0 Å². The second-order valence-corrected chi connectivity index (χ2v) is 1.97. The number of rotatable bonds is 2. The molecule has 1 aliphatic carbocycles.